The molecule has 2 heterocycles. The van der Waals surface area contributed by atoms with Gasteiger partial charge < -0.3 is 14.6 Å². The number of nitrogens with one attached hydrogen (secondary N) is 1. The third-order valence-electron chi connectivity index (χ3n) is 4.05. The van der Waals surface area contributed by atoms with E-state index < -0.39 is 8.07 Å². The highest BCUT2D eigenvalue weighted by Gasteiger charge is 2.16. The summed E-state index contributed by atoms with van der Waals surface area (Å²) in [5.74, 6) is 1.52. The van der Waals surface area contributed by atoms with Gasteiger partial charge >= 0.3 is 0 Å². The van der Waals surface area contributed by atoms with Crippen molar-refractivity contribution in [3.8, 4) is 0 Å². The minimum absolute atomic E-state index is 0.494. The summed E-state index contributed by atoms with van der Waals surface area (Å²) in [7, 11) is -1.08. The highest BCUT2D eigenvalue weighted by atomic mass is 79.9. The predicted molar refractivity (Wildman–Crippen MR) is 114 cm³/mol. The summed E-state index contributed by atoms with van der Waals surface area (Å²) in [5.41, 5.74) is 1.87. The molecule has 0 amide bonds. The molecule has 0 spiro atoms. The number of anilines is 2. The molecule has 2 aromatic heterocycles. The van der Waals surface area contributed by atoms with Crippen LogP contribution in [0.25, 0.3) is 11.0 Å². The minimum atomic E-state index is -1.08. The van der Waals surface area contributed by atoms with Crippen molar-refractivity contribution in [2.24, 2.45) is 0 Å². The van der Waals surface area contributed by atoms with Crippen LogP contribution in [0.2, 0.25) is 25.7 Å². The summed E-state index contributed by atoms with van der Waals surface area (Å²) >= 11 is 3.66. The van der Waals surface area contributed by atoms with Crippen LogP contribution >= 0.6 is 15.9 Å². The molecular formula is C19H25BrN4OSi. The Labute approximate surface area is 163 Å². The lowest BCUT2D eigenvalue weighted by molar-refractivity contribution is 0.0898. The summed E-state index contributed by atoms with van der Waals surface area (Å²) < 4.78 is 8.91. The third-order valence-corrected chi connectivity index (χ3v) is 6.35. The molecule has 3 rings (SSSR count). The number of aromatic nitrogens is 3. The Morgan fingerprint density at radius 2 is 1.88 bits per heavy atom. The second kappa shape index (κ2) is 7.90. The van der Waals surface area contributed by atoms with Gasteiger partial charge in [-0.1, -0.05) is 37.8 Å². The van der Waals surface area contributed by atoms with Crippen LogP contribution in [0.3, 0.4) is 0 Å². The molecule has 0 fully saturated rings. The maximum atomic E-state index is 5.91. The van der Waals surface area contributed by atoms with E-state index in [4.69, 9.17) is 4.74 Å². The fraction of sp³-hybridized carbons (Fsp3) is 0.368. The Morgan fingerprint density at radius 3 is 2.58 bits per heavy atom. The van der Waals surface area contributed by atoms with Gasteiger partial charge in [0.15, 0.2) is 0 Å². The minimum Gasteiger partial charge on any atom is -0.361 e. The van der Waals surface area contributed by atoms with E-state index in [1.54, 1.807) is 0 Å². The van der Waals surface area contributed by atoms with Gasteiger partial charge in [0, 0.05) is 31.0 Å². The molecule has 0 aliphatic carbocycles. The smallest absolute Gasteiger partial charge is 0.148 e. The molecule has 0 bridgehead atoms. The number of hydrogen-bond acceptors (Lipinski definition) is 4. The number of rotatable bonds is 7. The fourth-order valence-corrected chi connectivity index (χ4v) is 4.01. The number of aryl methyl sites for hydroxylation is 1. The van der Waals surface area contributed by atoms with Crippen molar-refractivity contribution in [3.63, 3.8) is 0 Å². The largest absolute Gasteiger partial charge is 0.361 e. The molecule has 1 N–H and O–H groups in total. The highest BCUT2D eigenvalue weighted by molar-refractivity contribution is 9.10. The summed E-state index contributed by atoms with van der Waals surface area (Å²) in [6.45, 7) is 10.3. The van der Waals surface area contributed by atoms with E-state index in [0.29, 0.717) is 6.73 Å². The van der Waals surface area contributed by atoms with E-state index in [0.717, 1.165) is 45.5 Å². The molecule has 5 nitrogen and oxygen atoms in total. The van der Waals surface area contributed by atoms with Crippen molar-refractivity contribution < 1.29 is 4.74 Å². The zero-order chi connectivity index (χ0) is 18.7. The van der Waals surface area contributed by atoms with Gasteiger partial charge in [-0.05, 0) is 41.0 Å². The van der Waals surface area contributed by atoms with Crippen molar-refractivity contribution in [1.82, 2.24) is 14.5 Å². The second-order valence-electron chi connectivity index (χ2n) is 7.60. The van der Waals surface area contributed by atoms with E-state index >= 15 is 0 Å². The molecule has 0 radical (unpaired) electrons. The van der Waals surface area contributed by atoms with Crippen LogP contribution in [0.5, 0.6) is 0 Å². The SMILES string of the molecule is Cc1nc(Nc2ccccc2)c2c(Br)cn(COCC[Si](C)(C)C)c2n1. The van der Waals surface area contributed by atoms with Gasteiger partial charge in [0.25, 0.3) is 0 Å². The summed E-state index contributed by atoms with van der Waals surface area (Å²) in [6, 6.07) is 11.2. The van der Waals surface area contributed by atoms with Crippen molar-refractivity contribution in [3.05, 3.63) is 46.8 Å². The van der Waals surface area contributed by atoms with E-state index in [1.165, 1.54) is 0 Å². The number of para-hydroxylation sites is 1. The lowest BCUT2D eigenvalue weighted by Crippen LogP contribution is -2.22. The first kappa shape index (κ1) is 19.1. The Kier molecular flexibility index (Phi) is 5.79. The van der Waals surface area contributed by atoms with Gasteiger partial charge in [-0.25, -0.2) is 9.97 Å². The number of fused-ring (bicyclic) bond motifs is 1. The summed E-state index contributed by atoms with van der Waals surface area (Å²) in [6.07, 6.45) is 2.02. The Balaban J connectivity index is 1.86. The molecule has 3 aromatic rings. The predicted octanol–water partition coefficient (Wildman–Crippen LogP) is 5.56. The average molecular weight is 433 g/mol. The lowest BCUT2D eigenvalue weighted by Gasteiger charge is -2.15. The van der Waals surface area contributed by atoms with Crippen LogP contribution in [0.1, 0.15) is 5.82 Å². The van der Waals surface area contributed by atoms with Crippen molar-refractivity contribution >= 4 is 46.5 Å². The number of ether oxygens (including phenoxy) is 1. The number of halogens is 1. The first-order chi connectivity index (χ1) is 12.3. The van der Waals surface area contributed by atoms with Crippen molar-refractivity contribution in [2.45, 2.75) is 39.3 Å². The van der Waals surface area contributed by atoms with Crippen LogP contribution in [0, 0.1) is 6.92 Å². The molecule has 0 aliphatic heterocycles. The first-order valence-electron chi connectivity index (χ1n) is 8.76. The molecule has 0 atom stereocenters. The molecular weight excluding hydrogens is 408 g/mol. The van der Waals surface area contributed by atoms with E-state index in [9.17, 15) is 0 Å². The van der Waals surface area contributed by atoms with Gasteiger partial charge in [0.2, 0.25) is 0 Å². The maximum absolute atomic E-state index is 5.91. The average Bonchev–Trinajstić information content (AvgIpc) is 2.87. The van der Waals surface area contributed by atoms with Gasteiger partial charge in [0.05, 0.1) is 5.39 Å². The first-order valence-corrected chi connectivity index (χ1v) is 13.3. The summed E-state index contributed by atoms with van der Waals surface area (Å²) in [5, 5.41) is 4.37. The van der Waals surface area contributed by atoms with Crippen molar-refractivity contribution in [2.75, 3.05) is 11.9 Å². The fourth-order valence-electron chi connectivity index (χ4n) is 2.64. The molecule has 26 heavy (non-hydrogen) atoms. The van der Waals surface area contributed by atoms with Crippen LogP contribution in [-0.2, 0) is 11.5 Å². The van der Waals surface area contributed by atoms with Crippen LogP contribution in [0.4, 0.5) is 11.5 Å². The highest BCUT2D eigenvalue weighted by Crippen LogP contribution is 2.32. The molecule has 0 unspecified atom stereocenters. The zero-order valence-corrected chi connectivity index (χ0v) is 18.3. The van der Waals surface area contributed by atoms with Gasteiger partial charge in [-0.2, -0.15) is 0 Å². The Morgan fingerprint density at radius 1 is 1.15 bits per heavy atom. The monoisotopic (exact) mass is 432 g/mol. The Hall–Kier alpha value is -1.70. The van der Waals surface area contributed by atoms with E-state index in [-0.39, 0.29) is 0 Å². The molecule has 0 saturated heterocycles. The Bertz CT molecular complexity index is 890. The van der Waals surface area contributed by atoms with Gasteiger partial charge in [0.1, 0.15) is 24.0 Å². The standard InChI is InChI=1S/C19H25BrN4OSi/c1-14-21-18(23-15-8-6-5-7-9-15)17-16(20)12-24(19(17)22-14)13-25-10-11-26(2,3)4/h5-9,12H,10-11,13H2,1-4H3,(H,21,22,23). The molecule has 0 saturated carbocycles. The zero-order valence-electron chi connectivity index (χ0n) is 15.7. The topological polar surface area (TPSA) is 52.0 Å². The van der Waals surface area contributed by atoms with Crippen LogP contribution in [0.15, 0.2) is 41.0 Å². The number of hydrogen-bond donors (Lipinski definition) is 1. The van der Waals surface area contributed by atoms with Crippen molar-refractivity contribution in [1.29, 1.82) is 0 Å². The normalized spacial score (nSPS) is 11.9. The van der Waals surface area contributed by atoms with E-state index in [1.807, 2.05) is 48.0 Å². The van der Waals surface area contributed by atoms with Gasteiger partial charge in [-0.3, -0.25) is 0 Å². The molecule has 138 valence electrons. The van der Waals surface area contributed by atoms with Gasteiger partial charge in [-0.15, -0.1) is 0 Å². The van der Waals surface area contributed by atoms with E-state index in [2.05, 4.69) is 50.9 Å². The third kappa shape index (κ3) is 4.72. The molecule has 0 aliphatic rings. The van der Waals surface area contributed by atoms with Crippen LogP contribution in [-0.4, -0.2) is 29.2 Å². The maximum Gasteiger partial charge on any atom is 0.148 e. The number of benzene rings is 1. The second-order valence-corrected chi connectivity index (χ2v) is 14.1. The molecule has 7 heteroatoms. The number of nitrogens with zero attached hydrogens (tertiary/aromatic N) is 3. The molecule has 1 aromatic carbocycles. The lowest BCUT2D eigenvalue weighted by atomic mass is 10.3. The van der Waals surface area contributed by atoms with Crippen LogP contribution < -0.4 is 5.32 Å². The quantitative estimate of drug-likeness (QED) is 0.392. The summed E-state index contributed by atoms with van der Waals surface area (Å²) in [4.78, 5) is 9.24.